The maximum absolute atomic E-state index is 11.8. The van der Waals surface area contributed by atoms with Crippen LogP contribution in [0.3, 0.4) is 0 Å². The quantitative estimate of drug-likeness (QED) is 0.443. The summed E-state index contributed by atoms with van der Waals surface area (Å²) in [5.41, 5.74) is 2.05. The highest BCUT2D eigenvalue weighted by atomic mass is 35.5. The van der Waals surface area contributed by atoms with Crippen molar-refractivity contribution in [3.8, 4) is 5.75 Å². The largest absolute Gasteiger partial charge is 0.429 e. The van der Waals surface area contributed by atoms with E-state index in [1.165, 1.54) is 0 Å². The maximum Gasteiger partial charge on any atom is 0.387 e. The van der Waals surface area contributed by atoms with Gasteiger partial charge in [-0.25, -0.2) is 10.8 Å². The Morgan fingerprint density at radius 1 is 1.62 bits per heavy atom. The van der Waals surface area contributed by atoms with Gasteiger partial charge in [-0.1, -0.05) is 0 Å². The van der Waals surface area contributed by atoms with Gasteiger partial charge in [-0.2, -0.15) is 13.8 Å². The molecule has 13 heavy (non-hydrogen) atoms. The first-order chi connectivity index (χ1) is 6.13. The molecule has 0 radical (unpaired) electrons. The summed E-state index contributed by atoms with van der Waals surface area (Å²) in [5, 5.41) is -0.116. The molecule has 0 bridgehead atoms. The third-order valence-electron chi connectivity index (χ3n) is 1.08. The van der Waals surface area contributed by atoms with Crippen molar-refractivity contribution in [2.24, 2.45) is 5.84 Å². The fraction of sp³-hybridized carbons (Fsp3) is 0.200. The minimum Gasteiger partial charge on any atom is -0.429 e. The van der Waals surface area contributed by atoms with Gasteiger partial charge in [-0.05, 0) is 11.6 Å². The van der Waals surface area contributed by atoms with Crippen LogP contribution in [0.2, 0.25) is 5.28 Å². The monoisotopic (exact) mass is 210 g/mol. The molecular weight excluding hydrogens is 206 g/mol. The van der Waals surface area contributed by atoms with E-state index < -0.39 is 6.61 Å². The van der Waals surface area contributed by atoms with E-state index in [4.69, 9.17) is 17.4 Å². The van der Waals surface area contributed by atoms with Crippen molar-refractivity contribution in [3.63, 3.8) is 0 Å². The van der Waals surface area contributed by atoms with Gasteiger partial charge >= 0.3 is 6.61 Å². The van der Waals surface area contributed by atoms with Crippen LogP contribution in [0.5, 0.6) is 5.75 Å². The van der Waals surface area contributed by atoms with Crippen molar-refractivity contribution >= 4 is 17.4 Å². The van der Waals surface area contributed by atoms with Gasteiger partial charge in [0.1, 0.15) is 0 Å². The SMILES string of the molecule is NNc1nc(Cl)ncc1OC(F)F. The Bertz CT molecular complexity index is 298. The molecule has 0 fully saturated rings. The van der Waals surface area contributed by atoms with Crippen LogP contribution in [0.1, 0.15) is 0 Å². The van der Waals surface area contributed by atoms with Crippen molar-refractivity contribution in [2.75, 3.05) is 5.43 Å². The lowest BCUT2D eigenvalue weighted by Crippen LogP contribution is -2.13. The summed E-state index contributed by atoms with van der Waals surface area (Å²) in [5.74, 6) is 4.61. The number of rotatable bonds is 3. The number of aromatic nitrogens is 2. The molecule has 0 aliphatic carbocycles. The molecule has 72 valence electrons. The van der Waals surface area contributed by atoms with E-state index in [1.807, 2.05) is 5.43 Å². The molecular formula is C5H5ClF2N4O. The number of hydrazine groups is 1. The van der Waals surface area contributed by atoms with Gasteiger partial charge in [0, 0.05) is 0 Å². The number of nitrogens with two attached hydrogens (primary N) is 1. The lowest BCUT2D eigenvalue weighted by molar-refractivity contribution is -0.0497. The molecule has 1 aromatic rings. The summed E-state index contributed by atoms with van der Waals surface area (Å²) in [6, 6.07) is 0. The summed E-state index contributed by atoms with van der Waals surface area (Å²) in [4.78, 5) is 6.95. The molecule has 0 spiro atoms. The van der Waals surface area contributed by atoms with E-state index in [1.54, 1.807) is 0 Å². The first kappa shape index (κ1) is 9.87. The second-order valence-corrected chi connectivity index (χ2v) is 2.21. The molecule has 0 aromatic carbocycles. The summed E-state index contributed by atoms with van der Waals surface area (Å²) in [7, 11) is 0. The number of nitrogens with zero attached hydrogens (tertiary/aromatic N) is 2. The van der Waals surface area contributed by atoms with Crippen molar-refractivity contribution < 1.29 is 13.5 Å². The molecule has 1 rings (SSSR count). The molecule has 0 unspecified atom stereocenters. The molecule has 0 saturated heterocycles. The minimum atomic E-state index is -2.96. The van der Waals surface area contributed by atoms with Crippen LogP contribution in [-0.4, -0.2) is 16.6 Å². The summed E-state index contributed by atoms with van der Waals surface area (Å²) >= 11 is 5.37. The first-order valence-electron chi connectivity index (χ1n) is 3.07. The van der Waals surface area contributed by atoms with Crippen molar-refractivity contribution in [3.05, 3.63) is 11.5 Å². The highest BCUT2D eigenvalue weighted by molar-refractivity contribution is 6.28. The number of anilines is 1. The Morgan fingerprint density at radius 2 is 2.31 bits per heavy atom. The third-order valence-corrected chi connectivity index (χ3v) is 1.26. The molecule has 1 aromatic heterocycles. The maximum atomic E-state index is 11.8. The van der Waals surface area contributed by atoms with Gasteiger partial charge in [0.25, 0.3) is 0 Å². The van der Waals surface area contributed by atoms with Crippen molar-refractivity contribution in [1.29, 1.82) is 0 Å². The second kappa shape index (κ2) is 4.15. The van der Waals surface area contributed by atoms with Gasteiger partial charge in [-0.15, -0.1) is 0 Å². The molecule has 0 amide bonds. The fourth-order valence-corrected chi connectivity index (χ4v) is 0.768. The van der Waals surface area contributed by atoms with E-state index in [0.29, 0.717) is 0 Å². The van der Waals surface area contributed by atoms with Crippen LogP contribution >= 0.6 is 11.6 Å². The standard InChI is InChI=1S/C5H5ClF2N4O/c6-4-10-1-2(13-5(7)8)3(11-4)12-9/h1,5H,9H2,(H,10,11,12). The predicted molar refractivity (Wildman–Crippen MR) is 41.5 cm³/mol. The number of halogens is 3. The Kier molecular flexibility index (Phi) is 3.15. The molecule has 5 nitrogen and oxygen atoms in total. The number of nitrogen functional groups attached to an aromatic ring is 1. The Hall–Kier alpha value is -1.21. The van der Waals surface area contributed by atoms with Crippen LogP contribution in [0.25, 0.3) is 0 Å². The Labute approximate surface area is 76.8 Å². The van der Waals surface area contributed by atoms with E-state index in [-0.39, 0.29) is 16.9 Å². The molecule has 0 atom stereocenters. The van der Waals surface area contributed by atoms with Crippen LogP contribution < -0.4 is 16.0 Å². The number of hydrogen-bond acceptors (Lipinski definition) is 5. The van der Waals surface area contributed by atoms with E-state index >= 15 is 0 Å². The number of ether oxygens (including phenoxy) is 1. The molecule has 3 N–H and O–H groups in total. The van der Waals surface area contributed by atoms with Crippen LogP contribution in [0, 0.1) is 0 Å². The number of nitrogens with one attached hydrogen (secondary N) is 1. The van der Waals surface area contributed by atoms with Gasteiger partial charge < -0.3 is 10.2 Å². The first-order valence-corrected chi connectivity index (χ1v) is 3.45. The Morgan fingerprint density at radius 3 is 2.85 bits per heavy atom. The lowest BCUT2D eigenvalue weighted by Gasteiger charge is -2.07. The number of alkyl halides is 2. The van der Waals surface area contributed by atoms with Crippen LogP contribution in [0.4, 0.5) is 14.6 Å². The number of hydrogen-bond donors (Lipinski definition) is 2. The van der Waals surface area contributed by atoms with Gasteiger partial charge in [0.15, 0.2) is 11.6 Å². The topological polar surface area (TPSA) is 73.1 Å². The smallest absolute Gasteiger partial charge is 0.387 e. The molecule has 0 aliphatic rings. The van der Waals surface area contributed by atoms with Crippen LogP contribution in [-0.2, 0) is 0 Å². The zero-order chi connectivity index (χ0) is 9.84. The molecule has 0 saturated carbocycles. The molecule has 8 heteroatoms. The highest BCUT2D eigenvalue weighted by Crippen LogP contribution is 2.22. The Balaban J connectivity index is 2.92. The molecule has 1 heterocycles. The summed E-state index contributed by atoms with van der Waals surface area (Å²) in [6.07, 6.45) is 0.997. The minimum absolute atomic E-state index is 0.0969. The highest BCUT2D eigenvalue weighted by Gasteiger charge is 2.11. The predicted octanol–water partition coefficient (Wildman–Crippen LogP) is 1.02. The van der Waals surface area contributed by atoms with Crippen molar-refractivity contribution in [1.82, 2.24) is 9.97 Å². The van der Waals surface area contributed by atoms with Gasteiger partial charge in [-0.3, -0.25) is 0 Å². The van der Waals surface area contributed by atoms with E-state index in [2.05, 4.69) is 14.7 Å². The fourth-order valence-electron chi connectivity index (χ4n) is 0.635. The third kappa shape index (κ3) is 2.63. The van der Waals surface area contributed by atoms with Gasteiger partial charge in [0.05, 0.1) is 6.20 Å². The summed E-state index contributed by atoms with van der Waals surface area (Å²) < 4.78 is 27.5. The van der Waals surface area contributed by atoms with Crippen molar-refractivity contribution in [2.45, 2.75) is 6.61 Å². The van der Waals surface area contributed by atoms with E-state index in [0.717, 1.165) is 6.20 Å². The second-order valence-electron chi connectivity index (χ2n) is 1.87. The van der Waals surface area contributed by atoms with Gasteiger partial charge in [0.2, 0.25) is 5.28 Å². The lowest BCUT2D eigenvalue weighted by atomic mass is 10.5. The molecule has 0 aliphatic heterocycles. The summed E-state index contributed by atoms with van der Waals surface area (Å²) in [6.45, 7) is -2.96. The zero-order valence-corrected chi connectivity index (χ0v) is 6.92. The normalized spacial score (nSPS) is 10.2. The van der Waals surface area contributed by atoms with E-state index in [9.17, 15) is 8.78 Å². The average molecular weight is 211 g/mol. The average Bonchev–Trinajstić information content (AvgIpc) is 2.07. The van der Waals surface area contributed by atoms with Crippen LogP contribution in [0.15, 0.2) is 6.20 Å². The zero-order valence-electron chi connectivity index (χ0n) is 6.17.